The van der Waals surface area contributed by atoms with Gasteiger partial charge in [-0.2, -0.15) is 4.31 Å². The number of ether oxygens (including phenoxy) is 1. The number of rotatable bonds is 6. The number of fused-ring (bicyclic) bond motifs is 1. The predicted molar refractivity (Wildman–Crippen MR) is 110 cm³/mol. The Balaban J connectivity index is 1.67. The van der Waals surface area contributed by atoms with E-state index >= 15 is 0 Å². The van der Waals surface area contributed by atoms with Crippen molar-refractivity contribution in [1.82, 2.24) is 8.87 Å². The normalized spacial score (nSPS) is 15.4. The first-order valence-corrected chi connectivity index (χ1v) is 11.2. The highest BCUT2D eigenvalue weighted by molar-refractivity contribution is 7.89. The number of methoxy groups -OCH3 is 1. The van der Waals surface area contributed by atoms with Crippen molar-refractivity contribution >= 4 is 26.9 Å². The largest absolute Gasteiger partial charge is 0.496 e. The summed E-state index contributed by atoms with van der Waals surface area (Å²) in [4.78, 5) is 25.2. The second-order valence-corrected chi connectivity index (χ2v) is 9.11. The summed E-state index contributed by atoms with van der Waals surface area (Å²) < 4.78 is 38.9. The van der Waals surface area contributed by atoms with E-state index in [0.717, 1.165) is 19.3 Å². The molecule has 0 amide bonds. The van der Waals surface area contributed by atoms with E-state index in [1.165, 1.54) is 34.2 Å². The Labute approximate surface area is 173 Å². The van der Waals surface area contributed by atoms with Gasteiger partial charge in [-0.15, -0.1) is 0 Å². The molecule has 0 aliphatic carbocycles. The van der Waals surface area contributed by atoms with Gasteiger partial charge in [-0.3, -0.25) is 9.36 Å². The molecule has 2 heterocycles. The first-order valence-electron chi connectivity index (χ1n) is 9.71. The van der Waals surface area contributed by atoms with Crippen molar-refractivity contribution in [2.45, 2.75) is 30.7 Å². The Bertz CT molecular complexity index is 1250. The van der Waals surface area contributed by atoms with Crippen LogP contribution in [-0.2, 0) is 16.6 Å². The highest BCUT2D eigenvalue weighted by Crippen LogP contribution is 2.25. The smallest absolute Gasteiger partial charge is 0.420 e. The topological polar surface area (TPSA) is 98.8 Å². The van der Waals surface area contributed by atoms with Crippen molar-refractivity contribution in [1.29, 1.82) is 0 Å². The number of sulfonamides is 1. The van der Waals surface area contributed by atoms with Crippen LogP contribution in [0.4, 0.5) is 0 Å². The molecule has 158 valence electrons. The summed E-state index contributed by atoms with van der Waals surface area (Å²) in [7, 11) is -2.19. The molecule has 1 aliphatic heterocycles. The number of carbonyl (C=O) groups is 1. The van der Waals surface area contributed by atoms with Crippen LogP contribution in [0.5, 0.6) is 5.75 Å². The molecule has 3 aromatic rings. The minimum absolute atomic E-state index is 0.0776. The molecule has 1 saturated heterocycles. The molecule has 0 spiro atoms. The number of benzene rings is 2. The summed E-state index contributed by atoms with van der Waals surface area (Å²) in [5.74, 6) is -0.624. The Morgan fingerprint density at radius 2 is 1.83 bits per heavy atom. The molecule has 0 N–H and O–H groups in total. The number of hydrogen-bond donors (Lipinski definition) is 0. The first-order chi connectivity index (χ1) is 14.4. The Morgan fingerprint density at radius 3 is 2.57 bits per heavy atom. The van der Waals surface area contributed by atoms with Crippen LogP contribution < -0.4 is 10.5 Å². The molecule has 1 aliphatic rings. The fourth-order valence-corrected chi connectivity index (χ4v) is 5.25. The number of para-hydroxylation sites is 1. The van der Waals surface area contributed by atoms with E-state index in [1.807, 2.05) is 0 Å². The fraction of sp³-hybridized carbons (Fsp3) is 0.333. The van der Waals surface area contributed by atoms with Crippen LogP contribution in [0.2, 0.25) is 0 Å². The second-order valence-electron chi connectivity index (χ2n) is 7.17. The van der Waals surface area contributed by atoms with Crippen molar-refractivity contribution in [3.63, 3.8) is 0 Å². The molecule has 0 radical (unpaired) electrons. The van der Waals surface area contributed by atoms with Crippen molar-refractivity contribution in [3.05, 3.63) is 58.6 Å². The van der Waals surface area contributed by atoms with Crippen LogP contribution in [0.3, 0.4) is 0 Å². The molecule has 0 unspecified atom stereocenters. The number of nitrogens with zero attached hydrogens (tertiary/aromatic N) is 2. The minimum Gasteiger partial charge on any atom is -0.496 e. The van der Waals surface area contributed by atoms with Gasteiger partial charge in [-0.25, -0.2) is 13.2 Å². The lowest BCUT2D eigenvalue weighted by Crippen LogP contribution is -2.35. The zero-order valence-electron chi connectivity index (χ0n) is 16.5. The van der Waals surface area contributed by atoms with Crippen LogP contribution >= 0.6 is 0 Å². The third-order valence-electron chi connectivity index (χ3n) is 5.30. The lowest BCUT2D eigenvalue weighted by Gasteiger charge is -2.25. The maximum absolute atomic E-state index is 12.9. The van der Waals surface area contributed by atoms with E-state index in [-0.39, 0.29) is 22.8 Å². The summed E-state index contributed by atoms with van der Waals surface area (Å²) in [6.45, 7) is 0.724. The summed E-state index contributed by atoms with van der Waals surface area (Å²) in [6, 6.07) is 11.1. The van der Waals surface area contributed by atoms with E-state index in [0.29, 0.717) is 29.9 Å². The number of carbonyl (C=O) groups excluding carboxylic acids is 1. The molecule has 30 heavy (non-hydrogen) atoms. The number of oxazole rings is 1. The van der Waals surface area contributed by atoms with Gasteiger partial charge >= 0.3 is 5.76 Å². The highest BCUT2D eigenvalue weighted by Gasteiger charge is 2.27. The SMILES string of the molecule is COc1ccccc1C(=O)Cn1c(=O)oc2cc(S(=O)(=O)N3CCCCC3)ccc21. The second kappa shape index (κ2) is 8.08. The fourth-order valence-electron chi connectivity index (χ4n) is 3.71. The summed E-state index contributed by atoms with van der Waals surface area (Å²) in [6.07, 6.45) is 2.68. The van der Waals surface area contributed by atoms with E-state index in [9.17, 15) is 18.0 Å². The van der Waals surface area contributed by atoms with Gasteiger partial charge in [0.2, 0.25) is 10.0 Å². The number of piperidine rings is 1. The third kappa shape index (κ3) is 3.66. The van der Waals surface area contributed by atoms with Crippen LogP contribution in [0, 0.1) is 0 Å². The monoisotopic (exact) mass is 430 g/mol. The summed E-state index contributed by atoms with van der Waals surface area (Å²) >= 11 is 0. The molecule has 8 nitrogen and oxygen atoms in total. The maximum Gasteiger partial charge on any atom is 0.420 e. The van der Waals surface area contributed by atoms with Crippen molar-refractivity contribution in [2.24, 2.45) is 0 Å². The zero-order chi connectivity index (χ0) is 21.3. The van der Waals surface area contributed by atoms with Gasteiger partial charge in [0.1, 0.15) is 5.75 Å². The van der Waals surface area contributed by atoms with Gasteiger partial charge in [-0.1, -0.05) is 18.6 Å². The quantitative estimate of drug-likeness (QED) is 0.558. The Kier molecular flexibility index (Phi) is 5.48. The van der Waals surface area contributed by atoms with Crippen molar-refractivity contribution < 1.29 is 22.4 Å². The van der Waals surface area contributed by atoms with E-state index in [2.05, 4.69) is 0 Å². The molecular formula is C21H22N2O6S. The van der Waals surface area contributed by atoms with Crippen LogP contribution in [0.1, 0.15) is 29.6 Å². The van der Waals surface area contributed by atoms with Gasteiger partial charge in [-0.05, 0) is 37.1 Å². The Morgan fingerprint density at radius 1 is 1.10 bits per heavy atom. The molecule has 2 aromatic carbocycles. The number of aromatic nitrogens is 1. The Hall–Kier alpha value is -2.91. The summed E-state index contributed by atoms with van der Waals surface area (Å²) in [5.41, 5.74) is 0.845. The van der Waals surface area contributed by atoms with Gasteiger partial charge in [0, 0.05) is 19.2 Å². The molecule has 4 rings (SSSR count). The standard InChI is InChI=1S/C21H22N2O6S/c1-28-19-8-4-3-7-16(19)18(24)14-23-17-10-9-15(13-20(17)29-21(23)25)30(26,27)22-11-5-2-6-12-22/h3-4,7-10,13H,2,5-6,11-12,14H2,1H3. The zero-order valence-corrected chi connectivity index (χ0v) is 17.4. The van der Waals surface area contributed by atoms with Gasteiger partial charge < -0.3 is 9.15 Å². The lowest BCUT2D eigenvalue weighted by atomic mass is 10.1. The van der Waals surface area contributed by atoms with Crippen molar-refractivity contribution in [3.8, 4) is 5.75 Å². The number of Topliss-reactive ketones (excluding diaryl/α,β-unsaturated/α-hetero) is 1. The van der Waals surface area contributed by atoms with Crippen LogP contribution in [0.25, 0.3) is 11.1 Å². The molecule has 0 saturated carbocycles. The van der Waals surface area contributed by atoms with Crippen LogP contribution in [-0.4, -0.2) is 43.3 Å². The van der Waals surface area contributed by atoms with E-state index in [4.69, 9.17) is 9.15 Å². The van der Waals surface area contributed by atoms with Gasteiger partial charge in [0.05, 0.1) is 29.6 Å². The maximum atomic E-state index is 12.9. The van der Waals surface area contributed by atoms with Gasteiger partial charge in [0.15, 0.2) is 11.4 Å². The number of ketones is 1. The summed E-state index contributed by atoms with van der Waals surface area (Å²) in [5, 5.41) is 0. The lowest BCUT2D eigenvalue weighted by molar-refractivity contribution is 0.0967. The third-order valence-corrected chi connectivity index (χ3v) is 7.20. The van der Waals surface area contributed by atoms with Gasteiger partial charge in [0.25, 0.3) is 0 Å². The highest BCUT2D eigenvalue weighted by atomic mass is 32.2. The minimum atomic E-state index is -3.65. The van der Waals surface area contributed by atoms with Crippen molar-refractivity contribution in [2.75, 3.05) is 20.2 Å². The van der Waals surface area contributed by atoms with E-state index in [1.54, 1.807) is 24.3 Å². The molecule has 1 fully saturated rings. The average molecular weight is 430 g/mol. The molecule has 9 heteroatoms. The average Bonchev–Trinajstić information content (AvgIpc) is 3.08. The van der Waals surface area contributed by atoms with E-state index < -0.39 is 15.8 Å². The molecule has 0 atom stereocenters. The molecule has 1 aromatic heterocycles. The molecule has 0 bridgehead atoms. The van der Waals surface area contributed by atoms with Crippen LogP contribution in [0.15, 0.2) is 56.6 Å². The predicted octanol–water partition coefficient (Wildman–Crippen LogP) is 2.66. The first kappa shape index (κ1) is 20.4. The molecular weight excluding hydrogens is 408 g/mol. The number of hydrogen-bond acceptors (Lipinski definition) is 6.